The van der Waals surface area contributed by atoms with Gasteiger partial charge in [-0.05, 0) is 44.2 Å². The molecule has 0 aliphatic carbocycles. The van der Waals surface area contributed by atoms with Crippen LogP contribution in [0.4, 0.5) is 14.9 Å². The third kappa shape index (κ3) is 3.66. The Morgan fingerprint density at radius 2 is 1.92 bits per heavy atom. The number of phenols is 1. The first-order valence-electron chi connectivity index (χ1n) is 7.93. The van der Waals surface area contributed by atoms with Crippen LogP contribution < -0.4 is 5.32 Å². The summed E-state index contributed by atoms with van der Waals surface area (Å²) in [6, 6.07) is 12.4. The number of hydrogen-bond acceptors (Lipinski definition) is 5. The molecule has 7 heteroatoms. The van der Waals surface area contributed by atoms with Crippen LogP contribution >= 0.6 is 0 Å². The molecule has 0 saturated heterocycles. The highest BCUT2D eigenvalue weighted by atomic mass is 19.1. The molecule has 0 saturated carbocycles. The number of rotatable bonds is 4. The van der Waals surface area contributed by atoms with Gasteiger partial charge in [0.25, 0.3) is 0 Å². The lowest BCUT2D eigenvalue weighted by atomic mass is 10.1. The summed E-state index contributed by atoms with van der Waals surface area (Å²) in [5.74, 6) is -0.00523. The first kappa shape index (κ1) is 17.5. The number of carbonyl (C=O) groups excluding carboxylic acids is 1. The first-order valence-corrected chi connectivity index (χ1v) is 7.93. The fourth-order valence-corrected chi connectivity index (χ4v) is 2.49. The molecule has 0 bridgehead atoms. The summed E-state index contributed by atoms with van der Waals surface area (Å²) in [5.41, 5.74) is 1.72. The first-order chi connectivity index (χ1) is 12.5. The summed E-state index contributed by atoms with van der Waals surface area (Å²) in [6.45, 7) is 3.25. The largest absolute Gasteiger partial charge is 0.508 e. The van der Waals surface area contributed by atoms with E-state index < -0.39 is 18.0 Å². The normalized spacial score (nSPS) is 11.8. The summed E-state index contributed by atoms with van der Waals surface area (Å²) < 4.78 is 24.3. The lowest BCUT2D eigenvalue weighted by molar-refractivity contribution is 0.119. The molecule has 2 aromatic carbocycles. The molecule has 1 aromatic heterocycles. The number of benzene rings is 2. The Bertz CT molecular complexity index is 922. The molecule has 3 rings (SSSR count). The Morgan fingerprint density at radius 1 is 1.23 bits per heavy atom. The molecule has 134 valence electrons. The molecule has 1 heterocycles. The molecule has 1 atom stereocenters. The van der Waals surface area contributed by atoms with Gasteiger partial charge in [0.15, 0.2) is 5.76 Å². The quantitative estimate of drug-likeness (QED) is 0.701. The van der Waals surface area contributed by atoms with Gasteiger partial charge in [-0.1, -0.05) is 23.4 Å². The fraction of sp³-hybridized carbons (Fsp3) is 0.158. The second kappa shape index (κ2) is 7.26. The number of ether oxygens (including phenoxy) is 1. The number of amides is 1. The molecule has 1 amide bonds. The minimum atomic E-state index is -0.770. The Morgan fingerprint density at radius 3 is 2.62 bits per heavy atom. The van der Waals surface area contributed by atoms with Crippen molar-refractivity contribution in [3.05, 3.63) is 65.6 Å². The van der Waals surface area contributed by atoms with Crippen LogP contribution in [0.25, 0.3) is 11.3 Å². The van der Waals surface area contributed by atoms with Crippen molar-refractivity contribution in [2.75, 3.05) is 5.32 Å². The Labute approximate surface area is 149 Å². The van der Waals surface area contributed by atoms with Gasteiger partial charge in [-0.3, -0.25) is 5.32 Å². The summed E-state index contributed by atoms with van der Waals surface area (Å²) in [6.07, 6.45) is -1.53. The molecule has 0 radical (unpaired) electrons. The minimum absolute atomic E-state index is 0.109. The number of phenolic OH excluding ortho intramolecular Hbond substituents is 1. The number of aryl methyl sites for hydroxylation is 1. The maximum atomic E-state index is 13.8. The highest BCUT2D eigenvalue weighted by Gasteiger charge is 2.20. The van der Waals surface area contributed by atoms with E-state index in [-0.39, 0.29) is 11.3 Å². The topological polar surface area (TPSA) is 84.6 Å². The number of carbonyl (C=O) groups is 1. The predicted molar refractivity (Wildman–Crippen MR) is 93.3 cm³/mol. The molecule has 2 N–H and O–H groups in total. The molecule has 0 aliphatic heterocycles. The third-order valence-electron chi connectivity index (χ3n) is 3.85. The standard InChI is InChI=1S/C19H17FN2O4/c1-11-17(18(26-22-11)13-7-9-14(23)10-8-13)21-19(24)25-12(2)15-5-3-4-6-16(15)20/h3-10,12,23H,1-2H3,(H,21,24). The summed E-state index contributed by atoms with van der Waals surface area (Å²) in [4.78, 5) is 12.2. The second-order valence-corrected chi connectivity index (χ2v) is 5.71. The third-order valence-corrected chi connectivity index (χ3v) is 3.85. The second-order valence-electron chi connectivity index (χ2n) is 5.71. The Kier molecular flexibility index (Phi) is 4.88. The monoisotopic (exact) mass is 356 g/mol. The van der Waals surface area contributed by atoms with Crippen molar-refractivity contribution < 1.29 is 23.6 Å². The van der Waals surface area contributed by atoms with E-state index in [2.05, 4.69) is 10.5 Å². The van der Waals surface area contributed by atoms with Crippen LogP contribution in [0.3, 0.4) is 0 Å². The number of aromatic nitrogens is 1. The molecular formula is C19H17FN2O4. The average molecular weight is 356 g/mol. The van der Waals surface area contributed by atoms with E-state index >= 15 is 0 Å². The lowest BCUT2D eigenvalue weighted by Gasteiger charge is -2.15. The zero-order valence-corrected chi connectivity index (χ0v) is 14.2. The number of anilines is 1. The van der Waals surface area contributed by atoms with Crippen molar-refractivity contribution in [3.63, 3.8) is 0 Å². The van der Waals surface area contributed by atoms with Crippen LogP contribution in [0.2, 0.25) is 0 Å². The van der Waals surface area contributed by atoms with Crippen molar-refractivity contribution >= 4 is 11.8 Å². The lowest BCUT2D eigenvalue weighted by Crippen LogP contribution is -2.17. The molecule has 26 heavy (non-hydrogen) atoms. The molecular weight excluding hydrogens is 339 g/mol. The van der Waals surface area contributed by atoms with Gasteiger partial charge in [0, 0.05) is 11.1 Å². The van der Waals surface area contributed by atoms with Gasteiger partial charge < -0.3 is 14.4 Å². The summed E-state index contributed by atoms with van der Waals surface area (Å²) in [7, 11) is 0. The summed E-state index contributed by atoms with van der Waals surface area (Å²) in [5, 5.41) is 15.8. The zero-order chi connectivity index (χ0) is 18.7. The van der Waals surface area contributed by atoms with Crippen LogP contribution in [0, 0.1) is 12.7 Å². The van der Waals surface area contributed by atoms with Crippen molar-refractivity contribution in [3.8, 4) is 17.1 Å². The van der Waals surface area contributed by atoms with Crippen molar-refractivity contribution in [2.45, 2.75) is 20.0 Å². The van der Waals surface area contributed by atoms with Gasteiger partial charge in [-0.2, -0.15) is 0 Å². The van der Waals surface area contributed by atoms with E-state index in [0.29, 0.717) is 22.7 Å². The van der Waals surface area contributed by atoms with E-state index in [1.54, 1.807) is 44.2 Å². The van der Waals surface area contributed by atoms with E-state index in [4.69, 9.17) is 9.26 Å². The van der Waals surface area contributed by atoms with Gasteiger partial charge >= 0.3 is 6.09 Å². The number of hydrogen-bond donors (Lipinski definition) is 2. The van der Waals surface area contributed by atoms with Crippen LogP contribution in [0.5, 0.6) is 5.75 Å². The summed E-state index contributed by atoms with van der Waals surface area (Å²) >= 11 is 0. The van der Waals surface area contributed by atoms with Crippen LogP contribution in [-0.2, 0) is 4.74 Å². The molecule has 3 aromatic rings. The van der Waals surface area contributed by atoms with E-state index in [1.807, 2.05) is 0 Å². The SMILES string of the molecule is Cc1noc(-c2ccc(O)cc2)c1NC(=O)OC(C)c1ccccc1F. The van der Waals surface area contributed by atoms with Gasteiger partial charge in [0.05, 0.1) is 0 Å². The van der Waals surface area contributed by atoms with Gasteiger partial charge in [-0.15, -0.1) is 0 Å². The van der Waals surface area contributed by atoms with E-state index in [0.717, 1.165) is 0 Å². The zero-order valence-electron chi connectivity index (χ0n) is 14.2. The molecule has 0 fully saturated rings. The molecule has 0 aliphatic rings. The van der Waals surface area contributed by atoms with Crippen molar-refractivity contribution in [2.24, 2.45) is 0 Å². The van der Waals surface area contributed by atoms with Crippen LogP contribution in [0.1, 0.15) is 24.3 Å². The van der Waals surface area contributed by atoms with Gasteiger partial charge in [-0.25, -0.2) is 9.18 Å². The smallest absolute Gasteiger partial charge is 0.412 e. The molecule has 1 unspecified atom stereocenters. The Hall–Kier alpha value is -3.35. The molecule has 6 nitrogen and oxygen atoms in total. The van der Waals surface area contributed by atoms with Crippen molar-refractivity contribution in [1.29, 1.82) is 0 Å². The predicted octanol–water partition coefficient (Wildman–Crippen LogP) is 4.80. The van der Waals surface area contributed by atoms with E-state index in [1.165, 1.54) is 18.2 Å². The average Bonchev–Trinajstić information content (AvgIpc) is 2.96. The maximum absolute atomic E-state index is 13.8. The maximum Gasteiger partial charge on any atom is 0.412 e. The molecule has 0 spiro atoms. The highest BCUT2D eigenvalue weighted by Crippen LogP contribution is 2.32. The minimum Gasteiger partial charge on any atom is -0.508 e. The highest BCUT2D eigenvalue weighted by molar-refractivity contribution is 5.90. The van der Waals surface area contributed by atoms with Gasteiger partial charge in [0.2, 0.25) is 0 Å². The number of halogens is 1. The fourth-order valence-electron chi connectivity index (χ4n) is 2.49. The van der Waals surface area contributed by atoms with Crippen LogP contribution in [0.15, 0.2) is 53.1 Å². The number of nitrogens with zero attached hydrogens (tertiary/aromatic N) is 1. The Balaban J connectivity index is 1.77. The van der Waals surface area contributed by atoms with Gasteiger partial charge in [0.1, 0.15) is 29.1 Å². The number of aromatic hydroxyl groups is 1. The van der Waals surface area contributed by atoms with Crippen molar-refractivity contribution in [1.82, 2.24) is 5.16 Å². The van der Waals surface area contributed by atoms with Crippen LogP contribution in [-0.4, -0.2) is 16.4 Å². The van der Waals surface area contributed by atoms with E-state index in [9.17, 15) is 14.3 Å². The number of nitrogens with one attached hydrogen (secondary N) is 1.